The van der Waals surface area contributed by atoms with Gasteiger partial charge in [-0.05, 0) is 24.6 Å². The van der Waals surface area contributed by atoms with Crippen LogP contribution in [0.2, 0.25) is 0 Å². The largest absolute Gasteiger partial charge is 0.490 e. The normalized spacial score (nSPS) is 16.4. The minimum absolute atomic E-state index is 0.0829. The maximum Gasteiger partial charge on any atom is 0.229 e. The number of carbonyl (C=O) groups excluding carboxylic acids is 1. The first-order valence-corrected chi connectivity index (χ1v) is 7.42. The molecule has 23 heavy (non-hydrogen) atoms. The quantitative estimate of drug-likeness (QED) is 0.827. The Morgan fingerprint density at radius 1 is 1.43 bits per heavy atom. The number of nitrogens with one attached hydrogen (secondary N) is 1. The number of hydrogen-bond donors (Lipinski definition) is 1. The number of amides is 1. The molecule has 0 saturated carbocycles. The van der Waals surface area contributed by atoms with Crippen LogP contribution in [0.15, 0.2) is 37.2 Å². The fourth-order valence-electron chi connectivity index (χ4n) is 2.53. The van der Waals surface area contributed by atoms with E-state index in [9.17, 15) is 4.79 Å². The first kappa shape index (κ1) is 15.1. The molecule has 1 aromatic carbocycles. The van der Waals surface area contributed by atoms with Gasteiger partial charge in [-0.2, -0.15) is 10.1 Å². The van der Waals surface area contributed by atoms with Gasteiger partial charge in [-0.25, -0.2) is 4.68 Å². The highest BCUT2D eigenvalue weighted by atomic mass is 16.5. The van der Waals surface area contributed by atoms with Crippen molar-refractivity contribution in [3.8, 4) is 11.5 Å². The number of aromatic nitrogens is 3. The molecule has 1 N–H and O–H groups in total. The summed E-state index contributed by atoms with van der Waals surface area (Å²) in [6.07, 6.45) is 3.41. The third-order valence-electron chi connectivity index (χ3n) is 3.51. The monoisotopic (exact) mass is 314 g/mol. The fraction of sp³-hybridized carbons (Fsp3) is 0.312. The summed E-state index contributed by atoms with van der Waals surface area (Å²) in [6.45, 7) is 6.47. The van der Waals surface area contributed by atoms with E-state index in [0.717, 1.165) is 5.56 Å². The average Bonchev–Trinajstić information content (AvgIpc) is 3.01. The van der Waals surface area contributed by atoms with Crippen molar-refractivity contribution in [2.75, 3.05) is 18.5 Å². The number of carbonyl (C=O) groups is 1. The highest BCUT2D eigenvalue weighted by Gasteiger charge is 2.28. The van der Waals surface area contributed by atoms with Crippen molar-refractivity contribution in [2.24, 2.45) is 0 Å². The second-order valence-electron chi connectivity index (χ2n) is 5.04. The van der Waals surface area contributed by atoms with Gasteiger partial charge in [0.25, 0.3) is 0 Å². The van der Waals surface area contributed by atoms with E-state index in [1.807, 2.05) is 25.1 Å². The summed E-state index contributed by atoms with van der Waals surface area (Å²) in [5.41, 5.74) is 0.918. The molecule has 2 heterocycles. The zero-order valence-corrected chi connectivity index (χ0v) is 12.9. The molecule has 1 aliphatic heterocycles. The Morgan fingerprint density at radius 3 is 3.09 bits per heavy atom. The van der Waals surface area contributed by atoms with E-state index in [0.29, 0.717) is 37.1 Å². The molecular formula is C16H18N4O3. The van der Waals surface area contributed by atoms with Crippen LogP contribution in [0.25, 0.3) is 0 Å². The number of benzene rings is 1. The highest BCUT2D eigenvalue weighted by molar-refractivity contribution is 5.91. The lowest BCUT2D eigenvalue weighted by Gasteiger charge is -2.24. The minimum Gasteiger partial charge on any atom is -0.490 e. The molecular weight excluding hydrogens is 296 g/mol. The van der Waals surface area contributed by atoms with Gasteiger partial charge >= 0.3 is 0 Å². The van der Waals surface area contributed by atoms with E-state index in [-0.39, 0.29) is 11.9 Å². The van der Waals surface area contributed by atoms with Crippen LogP contribution < -0.4 is 14.8 Å². The molecule has 0 bridgehead atoms. The summed E-state index contributed by atoms with van der Waals surface area (Å²) in [5.74, 6) is 1.66. The molecule has 0 aliphatic carbocycles. The number of fused-ring (bicyclic) bond motifs is 1. The molecule has 7 nitrogen and oxygen atoms in total. The smallest absolute Gasteiger partial charge is 0.229 e. The van der Waals surface area contributed by atoms with Gasteiger partial charge in [0.2, 0.25) is 11.9 Å². The van der Waals surface area contributed by atoms with Crippen LogP contribution >= 0.6 is 0 Å². The molecule has 1 aromatic heterocycles. The van der Waals surface area contributed by atoms with Crippen molar-refractivity contribution in [1.29, 1.82) is 0 Å². The summed E-state index contributed by atoms with van der Waals surface area (Å²) in [5, 5.41) is 6.90. The van der Waals surface area contributed by atoms with Gasteiger partial charge in [0.05, 0.1) is 19.1 Å². The summed E-state index contributed by atoms with van der Waals surface area (Å²) >= 11 is 0. The van der Waals surface area contributed by atoms with Crippen LogP contribution in [-0.2, 0) is 4.79 Å². The molecule has 0 saturated heterocycles. The van der Waals surface area contributed by atoms with Crippen LogP contribution in [0.4, 0.5) is 5.95 Å². The fourth-order valence-corrected chi connectivity index (χ4v) is 2.53. The molecule has 120 valence electrons. The summed E-state index contributed by atoms with van der Waals surface area (Å²) in [4.78, 5) is 15.9. The lowest BCUT2D eigenvalue weighted by Crippen LogP contribution is -2.29. The van der Waals surface area contributed by atoms with E-state index in [4.69, 9.17) is 9.47 Å². The van der Waals surface area contributed by atoms with Crippen LogP contribution in [0, 0.1) is 0 Å². The van der Waals surface area contributed by atoms with E-state index >= 15 is 0 Å². The zero-order chi connectivity index (χ0) is 16.2. The molecule has 1 aliphatic rings. The second kappa shape index (κ2) is 6.51. The highest BCUT2D eigenvalue weighted by Crippen LogP contribution is 2.35. The van der Waals surface area contributed by atoms with Gasteiger partial charge in [-0.3, -0.25) is 10.1 Å². The molecule has 0 spiro atoms. The van der Waals surface area contributed by atoms with Crippen LogP contribution in [-0.4, -0.2) is 33.9 Å². The van der Waals surface area contributed by atoms with Gasteiger partial charge < -0.3 is 9.47 Å². The van der Waals surface area contributed by atoms with Crippen LogP contribution in [0.5, 0.6) is 11.5 Å². The molecule has 2 aromatic rings. The van der Waals surface area contributed by atoms with Crippen LogP contribution in [0.3, 0.4) is 0 Å². The number of anilines is 1. The molecule has 0 radical (unpaired) electrons. The Bertz CT molecular complexity index is 726. The van der Waals surface area contributed by atoms with E-state index in [1.165, 1.54) is 6.33 Å². The third-order valence-corrected chi connectivity index (χ3v) is 3.51. The first-order valence-electron chi connectivity index (χ1n) is 7.42. The SMILES string of the molecule is C=CCOc1ccc([C@H]2CC(=O)Nc3ncnn32)cc1OCC. The Hall–Kier alpha value is -2.83. The molecule has 7 heteroatoms. The first-order chi connectivity index (χ1) is 11.2. The molecule has 0 unspecified atom stereocenters. The van der Waals surface area contributed by atoms with E-state index in [1.54, 1.807) is 10.8 Å². The van der Waals surface area contributed by atoms with Crippen molar-refractivity contribution >= 4 is 11.9 Å². The molecule has 3 rings (SSSR count). The predicted octanol–water partition coefficient (Wildman–Crippen LogP) is 2.17. The Kier molecular flexibility index (Phi) is 4.27. The number of hydrogen-bond acceptors (Lipinski definition) is 5. The average molecular weight is 314 g/mol. The van der Waals surface area contributed by atoms with Gasteiger partial charge in [-0.1, -0.05) is 18.7 Å². The van der Waals surface area contributed by atoms with E-state index < -0.39 is 0 Å². The van der Waals surface area contributed by atoms with Crippen molar-refractivity contribution in [3.05, 3.63) is 42.7 Å². The summed E-state index contributed by atoms with van der Waals surface area (Å²) in [7, 11) is 0. The lowest BCUT2D eigenvalue weighted by atomic mass is 10.0. The minimum atomic E-state index is -0.214. The number of nitrogens with zero attached hydrogens (tertiary/aromatic N) is 3. The third kappa shape index (κ3) is 3.03. The Labute approximate surface area is 133 Å². The van der Waals surface area contributed by atoms with Crippen molar-refractivity contribution in [3.63, 3.8) is 0 Å². The van der Waals surface area contributed by atoms with Gasteiger partial charge in [0.1, 0.15) is 12.9 Å². The zero-order valence-electron chi connectivity index (χ0n) is 12.9. The van der Waals surface area contributed by atoms with Crippen molar-refractivity contribution in [1.82, 2.24) is 14.8 Å². The Balaban J connectivity index is 1.96. The standard InChI is InChI=1S/C16H18N4O3/c1-3-7-23-13-6-5-11(8-14(13)22-4-2)12-9-15(21)19-16-17-10-18-20(12)16/h3,5-6,8,10,12H,1,4,7,9H2,2H3,(H,17,18,19,21)/t12-/m1/s1. The molecule has 1 atom stereocenters. The second-order valence-corrected chi connectivity index (χ2v) is 5.04. The maximum atomic E-state index is 11.9. The predicted molar refractivity (Wildman–Crippen MR) is 84.7 cm³/mol. The number of ether oxygens (including phenoxy) is 2. The van der Waals surface area contributed by atoms with Crippen LogP contribution in [0.1, 0.15) is 24.9 Å². The molecule has 1 amide bonds. The lowest BCUT2D eigenvalue weighted by molar-refractivity contribution is -0.117. The molecule has 0 fully saturated rings. The van der Waals surface area contributed by atoms with Gasteiger partial charge in [-0.15, -0.1) is 0 Å². The number of rotatable bonds is 6. The van der Waals surface area contributed by atoms with Crippen molar-refractivity contribution in [2.45, 2.75) is 19.4 Å². The van der Waals surface area contributed by atoms with Gasteiger partial charge in [0, 0.05) is 0 Å². The maximum absolute atomic E-state index is 11.9. The topological polar surface area (TPSA) is 78.3 Å². The Morgan fingerprint density at radius 2 is 2.30 bits per heavy atom. The summed E-state index contributed by atoms with van der Waals surface area (Å²) in [6, 6.07) is 5.42. The van der Waals surface area contributed by atoms with Crippen molar-refractivity contribution < 1.29 is 14.3 Å². The van der Waals surface area contributed by atoms with E-state index in [2.05, 4.69) is 22.0 Å². The summed E-state index contributed by atoms with van der Waals surface area (Å²) < 4.78 is 13.0. The van der Waals surface area contributed by atoms with Gasteiger partial charge in [0.15, 0.2) is 11.5 Å².